The van der Waals surface area contributed by atoms with Gasteiger partial charge in [0.15, 0.2) is 0 Å². The van der Waals surface area contributed by atoms with E-state index in [0.29, 0.717) is 11.3 Å². The number of rotatable bonds is 4. The van der Waals surface area contributed by atoms with Crippen molar-refractivity contribution in [3.05, 3.63) is 59.4 Å². The average Bonchev–Trinajstić information content (AvgIpc) is 2.41. The zero-order valence-electron chi connectivity index (χ0n) is 11.1. The van der Waals surface area contributed by atoms with Gasteiger partial charge in [0.05, 0.1) is 5.75 Å². The van der Waals surface area contributed by atoms with E-state index in [2.05, 4.69) is 5.32 Å². The van der Waals surface area contributed by atoms with E-state index in [0.717, 1.165) is 23.9 Å². The molecular formula is C15H12F3NOS. The molecule has 2 nitrogen and oxygen atoms in total. The van der Waals surface area contributed by atoms with E-state index in [1.165, 1.54) is 24.3 Å². The van der Waals surface area contributed by atoms with Crippen molar-refractivity contribution >= 4 is 23.4 Å². The number of carbonyl (C=O) groups excluding carboxylic acids is 1. The Morgan fingerprint density at radius 1 is 1.10 bits per heavy atom. The summed E-state index contributed by atoms with van der Waals surface area (Å²) in [5, 5.41) is 2.62. The summed E-state index contributed by atoms with van der Waals surface area (Å²) in [6.45, 7) is 1.67. The second kappa shape index (κ2) is 6.67. The Labute approximate surface area is 124 Å². The number of nitrogens with one attached hydrogen (secondary N) is 1. The molecule has 0 unspecified atom stereocenters. The molecule has 0 aliphatic rings. The van der Waals surface area contributed by atoms with Crippen LogP contribution in [0.2, 0.25) is 0 Å². The van der Waals surface area contributed by atoms with E-state index in [1.807, 2.05) is 0 Å². The van der Waals surface area contributed by atoms with Crippen LogP contribution in [-0.2, 0) is 4.79 Å². The summed E-state index contributed by atoms with van der Waals surface area (Å²) in [4.78, 5) is 12.0. The fourth-order valence-electron chi connectivity index (χ4n) is 1.69. The molecule has 21 heavy (non-hydrogen) atoms. The first-order valence-electron chi connectivity index (χ1n) is 6.09. The van der Waals surface area contributed by atoms with Crippen molar-refractivity contribution in [2.45, 2.75) is 11.8 Å². The highest BCUT2D eigenvalue weighted by molar-refractivity contribution is 8.00. The summed E-state index contributed by atoms with van der Waals surface area (Å²) in [5.41, 5.74) is 1.10. The summed E-state index contributed by atoms with van der Waals surface area (Å²) in [7, 11) is 0. The molecule has 110 valence electrons. The highest BCUT2D eigenvalue weighted by atomic mass is 32.2. The molecule has 1 amide bonds. The largest absolute Gasteiger partial charge is 0.325 e. The molecule has 0 saturated heterocycles. The lowest BCUT2D eigenvalue weighted by Crippen LogP contribution is -2.15. The van der Waals surface area contributed by atoms with Crippen LogP contribution in [0.5, 0.6) is 0 Å². The van der Waals surface area contributed by atoms with Gasteiger partial charge in [-0.25, -0.2) is 13.2 Å². The van der Waals surface area contributed by atoms with Gasteiger partial charge in [-0.2, -0.15) is 0 Å². The molecule has 0 aliphatic heterocycles. The highest BCUT2D eigenvalue weighted by Gasteiger charge is 2.09. The maximum atomic E-state index is 13.4. The first kappa shape index (κ1) is 15.4. The summed E-state index contributed by atoms with van der Waals surface area (Å²) in [6.07, 6.45) is 0. The van der Waals surface area contributed by atoms with Crippen molar-refractivity contribution in [3.8, 4) is 0 Å². The van der Waals surface area contributed by atoms with Crippen molar-refractivity contribution in [1.29, 1.82) is 0 Å². The number of amides is 1. The molecule has 2 aromatic carbocycles. The molecule has 2 aromatic rings. The Morgan fingerprint density at radius 3 is 2.43 bits per heavy atom. The summed E-state index contributed by atoms with van der Waals surface area (Å²) >= 11 is 0.964. The van der Waals surface area contributed by atoms with Crippen molar-refractivity contribution in [2.75, 3.05) is 11.1 Å². The number of anilines is 1. The van der Waals surface area contributed by atoms with Gasteiger partial charge in [-0.3, -0.25) is 4.79 Å². The van der Waals surface area contributed by atoms with Crippen LogP contribution in [-0.4, -0.2) is 11.7 Å². The molecule has 6 heteroatoms. The molecule has 0 spiro atoms. The van der Waals surface area contributed by atoms with Gasteiger partial charge < -0.3 is 5.32 Å². The van der Waals surface area contributed by atoms with Gasteiger partial charge in [0.2, 0.25) is 5.91 Å². The van der Waals surface area contributed by atoms with Gasteiger partial charge in [0.25, 0.3) is 0 Å². The van der Waals surface area contributed by atoms with Crippen LogP contribution in [0.1, 0.15) is 5.56 Å². The third kappa shape index (κ3) is 4.26. The predicted molar refractivity (Wildman–Crippen MR) is 76.8 cm³/mol. The van der Waals surface area contributed by atoms with Crippen LogP contribution in [0.4, 0.5) is 18.9 Å². The molecule has 0 radical (unpaired) electrons. The SMILES string of the molecule is Cc1cc(F)ccc1NC(=O)CSc1ccc(F)cc1F. The van der Waals surface area contributed by atoms with Gasteiger partial charge >= 0.3 is 0 Å². The van der Waals surface area contributed by atoms with Crippen LogP contribution >= 0.6 is 11.8 Å². The molecule has 0 heterocycles. The van der Waals surface area contributed by atoms with E-state index in [1.54, 1.807) is 6.92 Å². The van der Waals surface area contributed by atoms with Gasteiger partial charge in [-0.05, 0) is 42.8 Å². The van der Waals surface area contributed by atoms with Crippen LogP contribution in [0.15, 0.2) is 41.3 Å². The quantitative estimate of drug-likeness (QED) is 0.860. The van der Waals surface area contributed by atoms with E-state index in [9.17, 15) is 18.0 Å². The van der Waals surface area contributed by atoms with Gasteiger partial charge in [-0.1, -0.05) is 0 Å². The molecule has 0 bridgehead atoms. The molecule has 0 aliphatic carbocycles. The fraction of sp³-hybridized carbons (Fsp3) is 0.133. The Hall–Kier alpha value is -1.95. The Kier molecular flexibility index (Phi) is 4.90. The van der Waals surface area contributed by atoms with Gasteiger partial charge in [0.1, 0.15) is 17.5 Å². The molecule has 2 rings (SSSR count). The predicted octanol–water partition coefficient (Wildman–Crippen LogP) is 4.14. The third-order valence-corrected chi connectivity index (χ3v) is 3.76. The Bertz CT molecular complexity index is 676. The minimum absolute atomic E-state index is 0.0284. The Balaban J connectivity index is 1.96. The lowest BCUT2D eigenvalue weighted by atomic mass is 10.2. The lowest BCUT2D eigenvalue weighted by Gasteiger charge is -2.08. The zero-order chi connectivity index (χ0) is 15.4. The second-order valence-electron chi connectivity index (χ2n) is 4.37. The minimum Gasteiger partial charge on any atom is -0.325 e. The summed E-state index contributed by atoms with van der Waals surface area (Å²) in [5.74, 6) is -2.12. The van der Waals surface area contributed by atoms with Crippen molar-refractivity contribution in [1.82, 2.24) is 0 Å². The van der Waals surface area contributed by atoms with E-state index in [-0.39, 0.29) is 22.4 Å². The summed E-state index contributed by atoms with van der Waals surface area (Å²) in [6, 6.07) is 7.20. The monoisotopic (exact) mass is 311 g/mol. The first-order chi connectivity index (χ1) is 9.95. The molecule has 0 atom stereocenters. The number of aryl methyl sites for hydroxylation is 1. The number of benzene rings is 2. The maximum Gasteiger partial charge on any atom is 0.234 e. The van der Waals surface area contributed by atoms with Crippen molar-refractivity contribution < 1.29 is 18.0 Å². The third-order valence-electron chi connectivity index (χ3n) is 2.72. The maximum absolute atomic E-state index is 13.4. The summed E-state index contributed by atoms with van der Waals surface area (Å²) < 4.78 is 39.1. The zero-order valence-corrected chi connectivity index (χ0v) is 11.9. The fourth-order valence-corrected chi connectivity index (χ4v) is 2.41. The van der Waals surface area contributed by atoms with Crippen LogP contribution in [0.25, 0.3) is 0 Å². The topological polar surface area (TPSA) is 29.1 Å². The first-order valence-corrected chi connectivity index (χ1v) is 7.08. The number of hydrogen-bond acceptors (Lipinski definition) is 2. The highest BCUT2D eigenvalue weighted by Crippen LogP contribution is 2.23. The molecule has 0 aromatic heterocycles. The number of carbonyl (C=O) groups is 1. The van der Waals surface area contributed by atoms with E-state index in [4.69, 9.17) is 0 Å². The standard InChI is InChI=1S/C15H12F3NOS/c1-9-6-10(16)2-4-13(9)19-15(20)8-21-14-5-3-11(17)7-12(14)18/h2-7H,8H2,1H3,(H,19,20). The number of hydrogen-bond donors (Lipinski definition) is 1. The van der Waals surface area contributed by atoms with Crippen LogP contribution in [0.3, 0.4) is 0 Å². The van der Waals surface area contributed by atoms with Crippen molar-refractivity contribution in [2.24, 2.45) is 0 Å². The Morgan fingerprint density at radius 2 is 1.76 bits per heavy atom. The smallest absolute Gasteiger partial charge is 0.234 e. The van der Waals surface area contributed by atoms with E-state index >= 15 is 0 Å². The van der Waals surface area contributed by atoms with Gasteiger partial charge in [-0.15, -0.1) is 11.8 Å². The molecule has 1 N–H and O–H groups in total. The second-order valence-corrected chi connectivity index (χ2v) is 5.39. The normalized spacial score (nSPS) is 10.5. The molecule has 0 fully saturated rings. The van der Waals surface area contributed by atoms with Crippen LogP contribution in [0, 0.1) is 24.4 Å². The van der Waals surface area contributed by atoms with Crippen molar-refractivity contribution in [3.63, 3.8) is 0 Å². The molecular weight excluding hydrogens is 299 g/mol. The molecule has 0 saturated carbocycles. The lowest BCUT2D eigenvalue weighted by molar-refractivity contribution is -0.113. The number of thioether (sulfide) groups is 1. The van der Waals surface area contributed by atoms with E-state index < -0.39 is 11.6 Å². The average molecular weight is 311 g/mol. The minimum atomic E-state index is -0.703. The number of halogens is 3. The van der Waals surface area contributed by atoms with Crippen LogP contribution < -0.4 is 5.32 Å². The van der Waals surface area contributed by atoms with Gasteiger partial charge in [0, 0.05) is 16.6 Å².